The molecule has 1 aromatic rings. The molecule has 8 heteroatoms. The Balaban J connectivity index is 1.64. The van der Waals surface area contributed by atoms with Gasteiger partial charge in [-0.3, -0.25) is 19.3 Å². The van der Waals surface area contributed by atoms with Crippen molar-refractivity contribution in [3.8, 4) is 0 Å². The molecule has 0 unspecified atom stereocenters. The summed E-state index contributed by atoms with van der Waals surface area (Å²) in [6.45, 7) is 0.876. The van der Waals surface area contributed by atoms with Gasteiger partial charge in [0.05, 0.1) is 13.2 Å². The molecule has 0 aromatic heterocycles. The molecule has 2 fully saturated rings. The molecular formula is C20H26ClN3O4. The first-order valence-corrected chi connectivity index (χ1v) is 9.99. The molecule has 1 aliphatic carbocycles. The van der Waals surface area contributed by atoms with Crippen molar-refractivity contribution in [3.63, 3.8) is 0 Å². The van der Waals surface area contributed by atoms with Gasteiger partial charge in [-0.2, -0.15) is 0 Å². The molecule has 1 aliphatic heterocycles. The van der Waals surface area contributed by atoms with Crippen molar-refractivity contribution in [3.05, 3.63) is 29.3 Å². The number of hydrogen-bond acceptors (Lipinski definition) is 4. The molecule has 1 aromatic carbocycles. The lowest BCUT2D eigenvalue weighted by atomic mass is 10.1. The van der Waals surface area contributed by atoms with Gasteiger partial charge in [-0.15, -0.1) is 0 Å². The number of carbonyl (C=O) groups is 3. The Morgan fingerprint density at radius 2 is 2.04 bits per heavy atom. The maximum Gasteiger partial charge on any atom is 0.248 e. The molecule has 3 amide bonds. The largest absolute Gasteiger partial charge is 0.383 e. The molecule has 7 nitrogen and oxygen atoms in total. The molecule has 3 rings (SSSR count). The minimum absolute atomic E-state index is 0.00107. The van der Waals surface area contributed by atoms with Crippen molar-refractivity contribution in [1.82, 2.24) is 9.80 Å². The average molecular weight is 408 g/mol. The van der Waals surface area contributed by atoms with E-state index in [4.69, 9.17) is 16.3 Å². The van der Waals surface area contributed by atoms with E-state index >= 15 is 0 Å². The molecule has 0 atom stereocenters. The first-order valence-electron chi connectivity index (χ1n) is 9.61. The first-order chi connectivity index (χ1) is 13.5. The summed E-state index contributed by atoms with van der Waals surface area (Å²) in [5, 5.41) is 0.531. The van der Waals surface area contributed by atoms with Crippen molar-refractivity contribution in [2.45, 2.75) is 25.7 Å². The van der Waals surface area contributed by atoms with Gasteiger partial charge in [-0.25, -0.2) is 0 Å². The first kappa shape index (κ1) is 20.6. The SMILES string of the molecule is COCCN(CC(=O)N1CC(=O)N(c2cccc(Cl)c2)C1)C(=O)C1CCCC1. The van der Waals surface area contributed by atoms with E-state index in [0.717, 1.165) is 25.7 Å². The van der Waals surface area contributed by atoms with Gasteiger partial charge >= 0.3 is 0 Å². The minimum Gasteiger partial charge on any atom is -0.383 e. The van der Waals surface area contributed by atoms with Crippen LogP contribution in [0.5, 0.6) is 0 Å². The second-order valence-electron chi connectivity index (χ2n) is 7.27. The number of amides is 3. The smallest absolute Gasteiger partial charge is 0.248 e. The maximum atomic E-state index is 12.8. The maximum absolute atomic E-state index is 12.8. The quantitative estimate of drug-likeness (QED) is 0.694. The Morgan fingerprint density at radius 3 is 2.71 bits per heavy atom. The second-order valence-corrected chi connectivity index (χ2v) is 7.71. The summed E-state index contributed by atoms with van der Waals surface area (Å²) in [5.41, 5.74) is 0.658. The van der Waals surface area contributed by atoms with Crippen LogP contribution in [0, 0.1) is 5.92 Å². The highest BCUT2D eigenvalue weighted by atomic mass is 35.5. The molecule has 0 N–H and O–H groups in total. The number of rotatable bonds is 7. The Morgan fingerprint density at radius 1 is 1.29 bits per heavy atom. The Hall–Kier alpha value is -2.12. The fourth-order valence-electron chi connectivity index (χ4n) is 3.75. The lowest BCUT2D eigenvalue weighted by molar-refractivity contribution is -0.143. The number of halogens is 1. The van der Waals surface area contributed by atoms with Crippen molar-refractivity contribution in [2.24, 2.45) is 5.92 Å². The molecule has 1 saturated carbocycles. The number of hydrogen-bond donors (Lipinski definition) is 0. The van der Waals surface area contributed by atoms with Gasteiger partial charge in [0.2, 0.25) is 17.7 Å². The molecule has 2 aliphatic rings. The third-order valence-electron chi connectivity index (χ3n) is 5.32. The van der Waals surface area contributed by atoms with Crippen LogP contribution in [0.25, 0.3) is 0 Å². The van der Waals surface area contributed by atoms with Crippen LogP contribution in [-0.2, 0) is 19.1 Å². The van der Waals surface area contributed by atoms with E-state index in [0.29, 0.717) is 23.9 Å². The van der Waals surface area contributed by atoms with Crippen LogP contribution in [0.15, 0.2) is 24.3 Å². The van der Waals surface area contributed by atoms with Crippen LogP contribution in [-0.4, -0.2) is 67.5 Å². The zero-order valence-electron chi connectivity index (χ0n) is 16.1. The van der Waals surface area contributed by atoms with E-state index in [1.165, 1.54) is 9.80 Å². The molecule has 1 saturated heterocycles. The number of carbonyl (C=O) groups excluding carboxylic acids is 3. The van der Waals surface area contributed by atoms with E-state index in [2.05, 4.69) is 0 Å². The third-order valence-corrected chi connectivity index (χ3v) is 5.55. The molecule has 0 bridgehead atoms. The van der Waals surface area contributed by atoms with Crippen LogP contribution < -0.4 is 4.90 Å². The van der Waals surface area contributed by atoms with Crippen LogP contribution >= 0.6 is 11.6 Å². The van der Waals surface area contributed by atoms with Crippen LogP contribution in [0.4, 0.5) is 5.69 Å². The van der Waals surface area contributed by atoms with Gasteiger partial charge in [0.1, 0.15) is 13.2 Å². The summed E-state index contributed by atoms with van der Waals surface area (Å²) in [6, 6.07) is 6.98. The van der Waals surface area contributed by atoms with Crippen molar-refractivity contribution >= 4 is 35.0 Å². The van der Waals surface area contributed by atoms with Crippen molar-refractivity contribution in [2.75, 3.05) is 44.9 Å². The standard InChI is InChI=1S/C20H26ClN3O4/c1-28-10-9-22(20(27)15-5-2-3-6-15)12-18(25)23-13-19(26)24(14-23)17-8-4-7-16(21)11-17/h4,7-8,11,15H,2-3,5-6,9-10,12-14H2,1H3. The van der Waals surface area contributed by atoms with E-state index < -0.39 is 0 Å². The van der Waals surface area contributed by atoms with Gasteiger partial charge < -0.3 is 14.5 Å². The van der Waals surface area contributed by atoms with Crippen LogP contribution in [0.3, 0.4) is 0 Å². The topological polar surface area (TPSA) is 70.2 Å². The Labute approximate surface area is 170 Å². The molecule has 0 radical (unpaired) electrons. The number of anilines is 1. The van der Waals surface area contributed by atoms with Crippen molar-refractivity contribution < 1.29 is 19.1 Å². The van der Waals surface area contributed by atoms with Gasteiger partial charge in [-0.05, 0) is 31.0 Å². The summed E-state index contributed by atoms with van der Waals surface area (Å²) in [7, 11) is 1.57. The zero-order valence-corrected chi connectivity index (χ0v) is 16.9. The Bertz CT molecular complexity index is 736. The van der Waals surface area contributed by atoms with Gasteiger partial charge in [0.15, 0.2) is 0 Å². The zero-order chi connectivity index (χ0) is 20.1. The highest BCUT2D eigenvalue weighted by molar-refractivity contribution is 6.31. The van der Waals surface area contributed by atoms with E-state index in [1.807, 2.05) is 0 Å². The van der Waals surface area contributed by atoms with Crippen molar-refractivity contribution in [1.29, 1.82) is 0 Å². The molecular weight excluding hydrogens is 382 g/mol. The predicted octanol–water partition coefficient (Wildman–Crippen LogP) is 2.14. The summed E-state index contributed by atoms with van der Waals surface area (Å²) in [4.78, 5) is 42.6. The lowest BCUT2D eigenvalue weighted by Gasteiger charge is -2.27. The summed E-state index contributed by atoms with van der Waals surface area (Å²) < 4.78 is 5.10. The van der Waals surface area contributed by atoms with E-state index in [-0.39, 0.29) is 43.4 Å². The number of benzene rings is 1. The third kappa shape index (κ3) is 4.83. The fraction of sp³-hybridized carbons (Fsp3) is 0.550. The monoisotopic (exact) mass is 407 g/mol. The highest BCUT2D eigenvalue weighted by Gasteiger charge is 2.34. The number of ether oxygens (including phenoxy) is 1. The molecule has 1 heterocycles. The fourth-order valence-corrected chi connectivity index (χ4v) is 3.93. The highest BCUT2D eigenvalue weighted by Crippen LogP contribution is 2.27. The summed E-state index contributed by atoms with van der Waals surface area (Å²) in [5.74, 6) is -0.394. The van der Waals surface area contributed by atoms with Gasteiger partial charge in [-0.1, -0.05) is 30.5 Å². The van der Waals surface area contributed by atoms with E-state index in [1.54, 1.807) is 36.3 Å². The van der Waals surface area contributed by atoms with Gasteiger partial charge in [0.25, 0.3) is 0 Å². The second kappa shape index (κ2) is 9.39. The Kier molecular flexibility index (Phi) is 6.91. The predicted molar refractivity (Wildman–Crippen MR) is 106 cm³/mol. The average Bonchev–Trinajstić information content (AvgIpc) is 3.34. The van der Waals surface area contributed by atoms with Gasteiger partial charge in [0, 0.05) is 30.3 Å². The van der Waals surface area contributed by atoms with Crippen LogP contribution in [0.1, 0.15) is 25.7 Å². The van der Waals surface area contributed by atoms with E-state index in [9.17, 15) is 14.4 Å². The summed E-state index contributed by atoms with van der Waals surface area (Å²) >= 11 is 6.01. The number of nitrogens with zero attached hydrogens (tertiary/aromatic N) is 3. The lowest BCUT2D eigenvalue weighted by Crippen LogP contribution is -2.45. The number of methoxy groups -OCH3 is 1. The molecule has 28 heavy (non-hydrogen) atoms. The van der Waals surface area contributed by atoms with Crippen LogP contribution in [0.2, 0.25) is 5.02 Å². The minimum atomic E-state index is -0.236. The normalized spacial score (nSPS) is 17.4. The summed E-state index contributed by atoms with van der Waals surface area (Å²) in [6.07, 6.45) is 3.86. The molecule has 0 spiro atoms. The molecule has 152 valence electrons.